The van der Waals surface area contributed by atoms with Crippen molar-refractivity contribution in [2.75, 3.05) is 13.7 Å². The van der Waals surface area contributed by atoms with Crippen molar-refractivity contribution in [3.8, 4) is 5.75 Å². The molecule has 2 heterocycles. The zero-order valence-corrected chi connectivity index (χ0v) is 13.0. The van der Waals surface area contributed by atoms with Crippen LogP contribution in [0.2, 0.25) is 0 Å². The molecular weight excluding hydrogens is 290 g/mol. The van der Waals surface area contributed by atoms with Crippen LogP contribution in [-0.2, 0) is 6.54 Å². The van der Waals surface area contributed by atoms with Gasteiger partial charge in [-0.3, -0.25) is 4.79 Å². The minimum Gasteiger partial charge on any atom is -0.496 e. The Bertz CT molecular complexity index is 811. The summed E-state index contributed by atoms with van der Waals surface area (Å²) >= 11 is 0. The molecule has 0 radical (unpaired) electrons. The van der Waals surface area contributed by atoms with E-state index in [4.69, 9.17) is 4.74 Å². The van der Waals surface area contributed by atoms with Crippen LogP contribution in [0.3, 0.4) is 0 Å². The monoisotopic (exact) mass is 309 g/mol. The number of aryl methyl sites for hydroxylation is 1. The molecule has 1 amide bonds. The van der Waals surface area contributed by atoms with Crippen LogP contribution in [0.25, 0.3) is 11.0 Å². The highest BCUT2D eigenvalue weighted by Crippen LogP contribution is 2.17. The van der Waals surface area contributed by atoms with Gasteiger partial charge in [-0.15, -0.1) is 0 Å². The Kier molecular flexibility index (Phi) is 4.57. The first-order chi connectivity index (χ1) is 11.3. The molecule has 0 unspecified atom stereocenters. The number of amides is 1. The normalized spacial score (nSPS) is 10.7. The molecule has 3 rings (SSSR count). The highest BCUT2D eigenvalue weighted by atomic mass is 16.5. The number of methoxy groups -OCH3 is 1. The van der Waals surface area contributed by atoms with Crippen molar-refractivity contribution in [1.29, 1.82) is 0 Å². The Morgan fingerprint density at radius 1 is 1.22 bits per heavy atom. The van der Waals surface area contributed by atoms with E-state index in [-0.39, 0.29) is 5.91 Å². The van der Waals surface area contributed by atoms with Crippen LogP contribution in [0.15, 0.2) is 54.9 Å². The first kappa shape index (κ1) is 15.1. The maximum Gasteiger partial charge on any atom is 0.255 e. The fourth-order valence-corrected chi connectivity index (χ4v) is 2.58. The lowest BCUT2D eigenvalue weighted by Crippen LogP contribution is -2.25. The number of carbonyl (C=O) groups is 1. The van der Waals surface area contributed by atoms with E-state index in [9.17, 15) is 4.79 Å². The Balaban J connectivity index is 1.54. The highest BCUT2D eigenvalue weighted by molar-refractivity contribution is 5.96. The van der Waals surface area contributed by atoms with E-state index in [1.54, 1.807) is 25.4 Å². The second kappa shape index (κ2) is 6.96. The van der Waals surface area contributed by atoms with Crippen LogP contribution in [0.5, 0.6) is 5.75 Å². The SMILES string of the molecule is COc1ccccc1C(=O)NCCCn1ccc2cccnc21. The van der Waals surface area contributed by atoms with Gasteiger partial charge in [-0.2, -0.15) is 0 Å². The van der Waals surface area contributed by atoms with Gasteiger partial charge >= 0.3 is 0 Å². The van der Waals surface area contributed by atoms with Crippen LogP contribution in [0.4, 0.5) is 0 Å². The zero-order valence-electron chi connectivity index (χ0n) is 13.0. The van der Waals surface area contributed by atoms with Gasteiger partial charge in [0.25, 0.3) is 5.91 Å². The van der Waals surface area contributed by atoms with Crippen molar-refractivity contribution in [3.05, 3.63) is 60.4 Å². The van der Waals surface area contributed by atoms with Crippen LogP contribution in [-0.4, -0.2) is 29.1 Å². The molecule has 23 heavy (non-hydrogen) atoms. The summed E-state index contributed by atoms with van der Waals surface area (Å²) < 4.78 is 7.31. The van der Waals surface area contributed by atoms with Gasteiger partial charge in [0, 0.05) is 30.9 Å². The summed E-state index contributed by atoms with van der Waals surface area (Å²) in [6.45, 7) is 1.41. The number of hydrogen-bond donors (Lipinski definition) is 1. The van der Waals surface area contributed by atoms with Gasteiger partial charge in [-0.25, -0.2) is 4.98 Å². The molecule has 0 bridgehead atoms. The molecule has 1 aromatic carbocycles. The van der Waals surface area contributed by atoms with E-state index >= 15 is 0 Å². The van der Waals surface area contributed by atoms with Crippen molar-refractivity contribution in [2.45, 2.75) is 13.0 Å². The Morgan fingerprint density at radius 3 is 2.96 bits per heavy atom. The van der Waals surface area contributed by atoms with Crippen molar-refractivity contribution in [3.63, 3.8) is 0 Å². The van der Waals surface area contributed by atoms with Crippen molar-refractivity contribution >= 4 is 16.9 Å². The van der Waals surface area contributed by atoms with E-state index in [1.165, 1.54) is 0 Å². The van der Waals surface area contributed by atoms with Gasteiger partial charge < -0.3 is 14.6 Å². The average molecular weight is 309 g/mol. The lowest BCUT2D eigenvalue weighted by Gasteiger charge is -2.09. The fourth-order valence-electron chi connectivity index (χ4n) is 2.58. The summed E-state index contributed by atoms with van der Waals surface area (Å²) in [7, 11) is 1.57. The molecule has 3 aromatic rings. The molecule has 0 aliphatic rings. The number of para-hydroxylation sites is 1. The molecule has 0 saturated carbocycles. The Labute approximate surface area is 134 Å². The van der Waals surface area contributed by atoms with Crippen LogP contribution in [0, 0.1) is 0 Å². The number of hydrogen-bond acceptors (Lipinski definition) is 3. The molecule has 0 spiro atoms. The molecule has 5 nitrogen and oxygen atoms in total. The third kappa shape index (κ3) is 3.34. The topological polar surface area (TPSA) is 56.1 Å². The Hall–Kier alpha value is -2.82. The van der Waals surface area contributed by atoms with Crippen molar-refractivity contribution in [1.82, 2.24) is 14.9 Å². The summed E-state index contributed by atoms with van der Waals surface area (Å²) in [5, 5.41) is 4.06. The van der Waals surface area contributed by atoms with E-state index in [1.807, 2.05) is 30.5 Å². The quantitative estimate of drug-likeness (QED) is 0.712. The minimum atomic E-state index is -0.113. The predicted octanol–water partition coefficient (Wildman–Crippen LogP) is 2.87. The van der Waals surface area contributed by atoms with Gasteiger partial charge in [0.05, 0.1) is 12.7 Å². The first-order valence-corrected chi connectivity index (χ1v) is 7.60. The van der Waals surface area contributed by atoms with Gasteiger partial charge in [-0.05, 0) is 36.8 Å². The third-order valence-electron chi connectivity index (χ3n) is 3.74. The number of carbonyl (C=O) groups excluding carboxylic acids is 1. The number of pyridine rings is 1. The smallest absolute Gasteiger partial charge is 0.255 e. The van der Waals surface area contributed by atoms with E-state index in [0.717, 1.165) is 24.0 Å². The maximum absolute atomic E-state index is 12.2. The zero-order chi connectivity index (χ0) is 16.1. The van der Waals surface area contributed by atoms with Crippen molar-refractivity contribution < 1.29 is 9.53 Å². The number of nitrogens with one attached hydrogen (secondary N) is 1. The predicted molar refractivity (Wildman–Crippen MR) is 89.7 cm³/mol. The molecule has 5 heteroatoms. The number of ether oxygens (including phenoxy) is 1. The number of benzene rings is 1. The lowest BCUT2D eigenvalue weighted by molar-refractivity contribution is 0.0950. The summed E-state index contributed by atoms with van der Waals surface area (Å²) in [6, 6.07) is 13.2. The van der Waals surface area contributed by atoms with Crippen LogP contribution < -0.4 is 10.1 Å². The van der Waals surface area contributed by atoms with Gasteiger partial charge in [0.2, 0.25) is 0 Å². The maximum atomic E-state index is 12.2. The van der Waals surface area contributed by atoms with Crippen LogP contribution in [0.1, 0.15) is 16.8 Å². The largest absolute Gasteiger partial charge is 0.496 e. The Morgan fingerprint density at radius 2 is 2.09 bits per heavy atom. The standard InChI is InChI=1S/C18H19N3O2/c1-23-16-8-3-2-7-15(16)18(22)20-11-5-12-21-13-9-14-6-4-10-19-17(14)21/h2-4,6-10,13H,5,11-12H2,1H3,(H,20,22). The van der Waals surface area contributed by atoms with Crippen molar-refractivity contribution in [2.24, 2.45) is 0 Å². The molecule has 0 aliphatic carbocycles. The van der Waals surface area contributed by atoms with Gasteiger partial charge in [0.15, 0.2) is 0 Å². The molecule has 0 atom stereocenters. The van der Waals surface area contributed by atoms with E-state index in [2.05, 4.69) is 20.9 Å². The third-order valence-corrected chi connectivity index (χ3v) is 3.74. The highest BCUT2D eigenvalue weighted by Gasteiger charge is 2.10. The summed E-state index contributed by atoms with van der Waals surface area (Å²) in [5.41, 5.74) is 1.53. The van der Waals surface area contributed by atoms with Crippen LogP contribution >= 0.6 is 0 Å². The summed E-state index contributed by atoms with van der Waals surface area (Å²) in [6.07, 6.45) is 4.66. The molecular formula is C18H19N3O2. The molecule has 2 aromatic heterocycles. The second-order valence-electron chi connectivity index (χ2n) is 5.24. The number of fused-ring (bicyclic) bond motifs is 1. The van der Waals surface area contributed by atoms with E-state index in [0.29, 0.717) is 17.9 Å². The molecule has 118 valence electrons. The number of rotatable bonds is 6. The van der Waals surface area contributed by atoms with Gasteiger partial charge in [0.1, 0.15) is 11.4 Å². The number of nitrogens with zero attached hydrogens (tertiary/aromatic N) is 2. The minimum absolute atomic E-state index is 0.113. The fraction of sp³-hybridized carbons (Fsp3) is 0.222. The van der Waals surface area contributed by atoms with E-state index < -0.39 is 0 Å². The second-order valence-corrected chi connectivity index (χ2v) is 5.24. The average Bonchev–Trinajstić information content (AvgIpc) is 3.01. The number of aromatic nitrogens is 2. The lowest BCUT2D eigenvalue weighted by atomic mass is 10.2. The molecule has 0 saturated heterocycles. The summed E-state index contributed by atoms with van der Waals surface area (Å²) in [4.78, 5) is 16.6. The molecule has 0 fully saturated rings. The molecule has 1 N–H and O–H groups in total. The van der Waals surface area contributed by atoms with Gasteiger partial charge in [-0.1, -0.05) is 12.1 Å². The summed E-state index contributed by atoms with van der Waals surface area (Å²) in [5.74, 6) is 0.476. The molecule has 0 aliphatic heterocycles. The first-order valence-electron chi connectivity index (χ1n) is 7.60.